The molecule has 0 aromatic heterocycles. The Hall–Kier alpha value is -2.42. The number of methoxy groups -OCH3 is 1. The lowest BCUT2D eigenvalue weighted by Gasteiger charge is -2.11. The number of rotatable bonds is 10. The molecule has 2 aromatic carbocycles. The van der Waals surface area contributed by atoms with Crippen molar-refractivity contribution in [2.75, 3.05) is 26.8 Å². The Labute approximate surface area is 166 Å². The summed E-state index contributed by atoms with van der Waals surface area (Å²) in [4.78, 5) is 12.1. The molecule has 2 rings (SSSR count). The van der Waals surface area contributed by atoms with Gasteiger partial charge in [0.05, 0.1) is 18.6 Å². The fraction of sp³-hybridized carbons (Fsp3) is 0.350. The summed E-state index contributed by atoms with van der Waals surface area (Å²) in [6.45, 7) is 4.02. The second kappa shape index (κ2) is 10.2. The monoisotopic (exact) mass is 406 g/mol. The molecule has 8 heteroatoms. The topological polar surface area (TPSA) is 93.7 Å². The van der Waals surface area contributed by atoms with Gasteiger partial charge in [0.15, 0.2) is 0 Å². The number of carbonyl (C=O) groups excluding carboxylic acids is 1. The molecule has 0 aliphatic carbocycles. The number of amides is 1. The van der Waals surface area contributed by atoms with E-state index in [-0.39, 0.29) is 37.1 Å². The second-order valence-corrected chi connectivity index (χ2v) is 8.10. The van der Waals surface area contributed by atoms with Gasteiger partial charge in [0, 0.05) is 13.1 Å². The van der Waals surface area contributed by atoms with E-state index in [0.29, 0.717) is 5.56 Å². The Morgan fingerprint density at radius 1 is 1.07 bits per heavy atom. The van der Waals surface area contributed by atoms with Crippen LogP contribution in [0.5, 0.6) is 5.75 Å². The lowest BCUT2D eigenvalue weighted by atomic mass is 10.2. The molecular weight excluding hydrogens is 380 g/mol. The highest BCUT2D eigenvalue weighted by Gasteiger charge is 2.16. The number of aryl methyl sites for hydroxylation is 2. The average Bonchev–Trinajstić information content (AvgIpc) is 2.67. The minimum atomic E-state index is -3.62. The van der Waals surface area contributed by atoms with Gasteiger partial charge >= 0.3 is 0 Å². The SMILES string of the molecule is COc1cccc(COCC(=O)NCCNS(=O)(=O)c2cc(C)ccc2C)c1. The Morgan fingerprint density at radius 2 is 1.86 bits per heavy atom. The minimum Gasteiger partial charge on any atom is -0.497 e. The predicted octanol–water partition coefficient (Wildman–Crippen LogP) is 1.92. The lowest BCUT2D eigenvalue weighted by Crippen LogP contribution is -2.36. The molecular formula is C20H26N2O5S. The summed E-state index contributed by atoms with van der Waals surface area (Å²) in [5, 5.41) is 2.63. The minimum absolute atomic E-state index is 0.0946. The molecule has 0 unspecified atom stereocenters. The molecule has 0 spiro atoms. The molecule has 0 fully saturated rings. The maximum Gasteiger partial charge on any atom is 0.246 e. The summed E-state index contributed by atoms with van der Waals surface area (Å²) in [6.07, 6.45) is 0. The summed E-state index contributed by atoms with van der Waals surface area (Å²) in [5.74, 6) is 0.413. The van der Waals surface area contributed by atoms with E-state index in [9.17, 15) is 13.2 Å². The first-order valence-electron chi connectivity index (χ1n) is 8.86. The number of carbonyl (C=O) groups is 1. The predicted molar refractivity (Wildman–Crippen MR) is 107 cm³/mol. The van der Waals surface area contributed by atoms with Crippen LogP contribution in [0.3, 0.4) is 0 Å². The highest BCUT2D eigenvalue weighted by molar-refractivity contribution is 7.89. The summed E-state index contributed by atoms with van der Waals surface area (Å²) in [5.41, 5.74) is 2.44. The van der Waals surface area contributed by atoms with Crippen LogP contribution in [0.25, 0.3) is 0 Å². The molecule has 152 valence electrons. The molecule has 0 saturated carbocycles. The van der Waals surface area contributed by atoms with Crippen LogP contribution in [-0.4, -0.2) is 41.1 Å². The van der Waals surface area contributed by atoms with E-state index in [1.54, 1.807) is 26.2 Å². The zero-order chi connectivity index (χ0) is 20.6. The van der Waals surface area contributed by atoms with Crippen molar-refractivity contribution in [3.63, 3.8) is 0 Å². The molecule has 7 nitrogen and oxygen atoms in total. The molecule has 1 amide bonds. The maximum atomic E-state index is 12.4. The molecule has 2 N–H and O–H groups in total. The standard InChI is InChI=1S/C20H26N2O5S/c1-15-7-8-16(2)19(11-15)28(24,25)22-10-9-21-20(23)14-27-13-17-5-4-6-18(12-17)26-3/h4-8,11-12,22H,9-10,13-14H2,1-3H3,(H,21,23). The van der Waals surface area contributed by atoms with E-state index >= 15 is 0 Å². The normalized spacial score (nSPS) is 11.2. The first-order chi connectivity index (χ1) is 13.3. The summed E-state index contributed by atoms with van der Waals surface area (Å²) >= 11 is 0. The quantitative estimate of drug-likeness (QED) is 0.588. The first-order valence-corrected chi connectivity index (χ1v) is 10.3. The summed E-state index contributed by atoms with van der Waals surface area (Å²) < 4.78 is 37.7. The van der Waals surface area contributed by atoms with Gasteiger partial charge in [0.2, 0.25) is 15.9 Å². The van der Waals surface area contributed by atoms with Crippen molar-refractivity contribution in [2.45, 2.75) is 25.3 Å². The van der Waals surface area contributed by atoms with Crippen molar-refractivity contribution >= 4 is 15.9 Å². The van der Waals surface area contributed by atoms with Crippen molar-refractivity contribution in [1.82, 2.24) is 10.0 Å². The highest BCUT2D eigenvalue weighted by Crippen LogP contribution is 2.16. The van der Waals surface area contributed by atoms with E-state index in [1.807, 2.05) is 37.3 Å². The zero-order valence-corrected chi connectivity index (χ0v) is 17.1. The smallest absolute Gasteiger partial charge is 0.246 e. The van der Waals surface area contributed by atoms with Gasteiger partial charge < -0.3 is 14.8 Å². The number of benzene rings is 2. The zero-order valence-electron chi connectivity index (χ0n) is 16.3. The van der Waals surface area contributed by atoms with E-state index in [0.717, 1.165) is 16.9 Å². The fourth-order valence-corrected chi connectivity index (χ4v) is 3.90. The molecule has 0 heterocycles. The van der Waals surface area contributed by atoms with Gasteiger partial charge in [0.1, 0.15) is 12.4 Å². The van der Waals surface area contributed by atoms with Crippen molar-refractivity contribution in [3.05, 3.63) is 59.2 Å². The largest absolute Gasteiger partial charge is 0.497 e. The van der Waals surface area contributed by atoms with Crippen LogP contribution in [0.4, 0.5) is 0 Å². The molecule has 0 aliphatic rings. The van der Waals surface area contributed by atoms with Gasteiger partial charge in [0.25, 0.3) is 0 Å². The summed E-state index contributed by atoms with van der Waals surface area (Å²) in [6, 6.07) is 12.6. The van der Waals surface area contributed by atoms with E-state index in [4.69, 9.17) is 9.47 Å². The molecule has 0 radical (unpaired) electrons. The molecule has 2 aromatic rings. The van der Waals surface area contributed by atoms with Crippen molar-refractivity contribution < 1.29 is 22.7 Å². The summed E-state index contributed by atoms with van der Waals surface area (Å²) in [7, 11) is -2.03. The lowest BCUT2D eigenvalue weighted by molar-refractivity contribution is -0.126. The van der Waals surface area contributed by atoms with E-state index in [1.165, 1.54) is 0 Å². The van der Waals surface area contributed by atoms with Crippen LogP contribution in [0.15, 0.2) is 47.4 Å². The molecule has 0 bridgehead atoms. The van der Waals surface area contributed by atoms with Gasteiger partial charge in [-0.2, -0.15) is 0 Å². The maximum absolute atomic E-state index is 12.4. The molecule has 0 atom stereocenters. The number of sulfonamides is 1. The van der Waals surface area contributed by atoms with Crippen molar-refractivity contribution in [3.8, 4) is 5.75 Å². The fourth-order valence-electron chi connectivity index (χ4n) is 2.54. The third-order valence-corrected chi connectivity index (χ3v) is 5.61. The number of ether oxygens (including phenoxy) is 2. The third kappa shape index (κ3) is 6.63. The van der Waals surface area contributed by atoms with E-state index < -0.39 is 10.0 Å². The molecule has 0 saturated heterocycles. The third-order valence-electron chi connectivity index (χ3n) is 4.01. The number of nitrogens with one attached hydrogen (secondary N) is 2. The van der Waals surface area contributed by atoms with Crippen LogP contribution in [-0.2, 0) is 26.2 Å². The van der Waals surface area contributed by atoms with E-state index in [2.05, 4.69) is 10.0 Å². The van der Waals surface area contributed by atoms with Crippen LogP contribution in [0.2, 0.25) is 0 Å². The van der Waals surface area contributed by atoms with Gasteiger partial charge in [-0.15, -0.1) is 0 Å². The van der Waals surface area contributed by atoms with Crippen LogP contribution in [0.1, 0.15) is 16.7 Å². The van der Waals surface area contributed by atoms with Gasteiger partial charge in [-0.05, 0) is 48.7 Å². The van der Waals surface area contributed by atoms with Crippen LogP contribution >= 0.6 is 0 Å². The van der Waals surface area contributed by atoms with Gasteiger partial charge in [-0.25, -0.2) is 13.1 Å². The van der Waals surface area contributed by atoms with Gasteiger partial charge in [-0.1, -0.05) is 24.3 Å². The number of hydrogen-bond acceptors (Lipinski definition) is 5. The number of hydrogen-bond donors (Lipinski definition) is 2. The molecule has 28 heavy (non-hydrogen) atoms. The Kier molecular flexibility index (Phi) is 7.98. The Balaban J connectivity index is 1.71. The van der Waals surface area contributed by atoms with Crippen molar-refractivity contribution in [2.24, 2.45) is 0 Å². The first kappa shape index (κ1) is 21.9. The highest BCUT2D eigenvalue weighted by atomic mass is 32.2. The molecule has 0 aliphatic heterocycles. The Bertz CT molecular complexity index is 913. The van der Waals surface area contributed by atoms with Gasteiger partial charge in [-0.3, -0.25) is 4.79 Å². The Morgan fingerprint density at radius 3 is 2.61 bits per heavy atom. The van der Waals surface area contributed by atoms with Crippen molar-refractivity contribution in [1.29, 1.82) is 0 Å². The average molecular weight is 407 g/mol. The van der Waals surface area contributed by atoms with Crippen LogP contribution in [0, 0.1) is 13.8 Å². The van der Waals surface area contributed by atoms with Crippen LogP contribution < -0.4 is 14.8 Å². The second-order valence-electron chi connectivity index (χ2n) is 6.36.